The Labute approximate surface area is 92.6 Å². The number of halogens is 1. The third-order valence-electron chi connectivity index (χ3n) is 3.00. The average molecular weight is 253 g/mol. The van der Waals surface area contributed by atoms with Crippen LogP contribution in [0.4, 0.5) is 0 Å². The predicted octanol–water partition coefficient (Wildman–Crippen LogP) is 3.28. The molecule has 0 unspecified atom stereocenters. The van der Waals surface area contributed by atoms with Gasteiger partial charge in [-0.15, -0.1) is 0 Å². The number of hydrogen-bond acceptors (Lipinski definition) is 1. The maximum atomic E-state index is 10.9. The zero-order valence-corrected chi connectivity index (χ0v) is 9.80. The van der Waals surface area contributed by atoms with Gasteiger partial charge in [-0.3, -0.25) is 0 Å². The van der Waals surface area contributed by atoms with E-state index < -0.39 is 0 Å². The monoisotopic (exact) mass is 252 g/mol. The van der Waals surface area contributed by atoms with E-state index in [0.717, 1.165) is 30.0 Å². The summed E-state index contributed by atoms with van der Waals surface area (Å²) in [5.41, 5.74) is 2.55. The minimum atomic E-state index is -0.0223. The molecule has 74 valence electrons. The molecule has 0 aliphatic heterocycles. The van der Waals surface area contributed by atoms with Crippen LogP contribution in [0.3, 0.4) is 0 Å². The van der Waals surface area contributed by atoms with Crippen LogP contribution in [-0.4, -0.2) is 6.29 Å². The van der Waals surface area contributed by atoms with E-state index in [1.54, 1.807) is 0 Å². The first-order valence-corrected chi connectivity index (χ1v) is 5.66. The van der Waals surface area contributed by atoms with E-state index in [0.29, 0.717) is 0 Å². The summed E-state index contributed by atoms with van der Waals surface area (Å²) in [5.74, 6) is 0. The van der Waals surface area contributed by atoms with Crippen LogP contribution in [0.15, 0.2) is 22.7 Å². The lowest BCUT2D eigenvalue weighted by Gasteiger charge is -2.10. The van der Waals surface area contributed by atoms with Gasteiger partial charge in [0.2, 0.25) is 0 Å². The maximum absolute atomic E-state index is 10.9. The molecule has 1 aromatic carbocycles. The van der Waals surface area contributed by atoms with Gasteiger partial charge < -0.3 is 4.79 Å². The van der Waals surface area contributed by atoms with Crippen molar-refractivity contribution in [1.29, 1.82) is 0 Å². The van der Waals surface area contributed by atoms with Gasteiger partial charge in [-0.25, -0.2) is 0 Å². The van der Waals surface area contributed by atoms with Gasteiger partial charge in [0.25, 0.3) is 0 Å². The second kappa shape index (κ2) is 3.50. The molecule has 2 rings (SSSR count). The van der Waals surface area contributed by atoms with Crippen LogP contribution in [-0.2, 0) is 11.2 Å². The van der Waals surface area contributed by atoms with E-state index in [2.05, 4.69) is 35.0 Å². The fraction of sp³-hybridized carbons (Fsp3) is 0.417. The minimum absolute atomic E-state index is 0.0223. The quantitative estimate of drug-likeness (QED) is 0.755. The van der Waals surface area contributed by atoms with Gasteiger partial charge in [0.15, 0.2) is 0 Å². The standard InChI is InChI=1S/C12H13BrO/c1-9-2-3-11(13)6-10(9)7-12(8-14)4-5-12/h2-3,6,8H,4-5,7H2,1H3. The predicted molar refractivity (Wildman–Crippen MR) is 60.3 cm³/mol. The maximum Gasteiger partial charge on any atom is 0.126 e. The highest BCUT2D eigenvalue weighted by Crippen LogP contribution is 2.46. The summed E-state index contributed by atoms with van der Waals surface area (Å²) in [5, 5.41) is 0. The van der Waals surface area contributed by atoms with Crippen molar-refractivity contribution in [1.82, 2.24) is 0 Å². The van der Waals surface area contributed by atoms with E-state index in [9.17, 15) is 4.79 Å². The van der Waals surface area contributed by atoms with Crippen molar-refractivity contribution in [3.05, 3.63) is 33.8 Å². The Morgan fingerprint density at radius 2 is 2.21 bits per heavy atom. The van der Waals surface area contributed by atoms with Gasteiger partial charge in [-0.05, 0) is 49.4 Å². The molecule has 0 radical (unpaired) electrons. The zero-order valence-electron chi connectivity index (χ0n) is 8.22. The Bertz CT molecular complexity index is 367. The van der Waals surface area contributed by atoms with Gasteiger partial charge in [0.05, 0.1) is 0 Å². The highest BCUT2D eigenvalue weighted by Gasteiger charge is 2.42. The lowest BCUT2D eigenvalue weighted by atomic mass is 9.95. The smallest absolute Gasteiger partial charge is 0.126 e. The van der Waals surface area contributed by atoms with Crippen molar-refractivity contribution in [2.75, 3.05) is 0 Å². The molecule has 0 bridgehead atoms. The molecule has 2 heteroatoms. The molecule has 1 nitrogen and oxygen atoms in total. The first-order valence-electron chi connectivity index (χ1n) is 4.87. The van der Waals surface area contributed by atoms with Crippen molar-refractivity contribution in [3.8, 4) is 0 Å². The second-order valence-corrected chi connectivity index (χ2v) is 5.14. The Morgan fingerprint density at radius 1 is 1.50 bits per heavy atom. The second-order valence-electron chi connectivity index (χ2n) is 4.23. The third kappa shape index (κ3) is 1.90. The van der Waals surface area contributed by atoms with E-state index in [-0.39, 0.29) is 5.41 Å². The molecule has 0 N–H and O–H groups in total. The summed E-state index contributed by atoms with van der Waals surface area (Å²) in [6.07, 6.45) is 4.15. The zero-order chi connectivity index (χ0) is 10.2. The van der Waals surface area contributed by atoms with Crippen molar-refractivity contribution in [2.45, 2.75) is 26.2 Å². The van der Waals surface area contributed by atoms with Crippen molar-refractivity contribution < 1.29 is 4.79 Å². The summed E-state index contributed by atoms with van der Waals surface area (Å²) >= 11 is 3.46. The number of hydrogen-bond donors (Lipinski definition) is 0. The number of carbonyl (C=O) groups is 1. The highest BCUT2D eigenvalue weighted by atomic mass is 79.9. The molecule has 1 saturated carbocycles. The Morgan fingerprint density at radius 3 is 2.79 bits per heavy atom. The number of rotatable bonds is 3. The van der Waals surface area contributed by atoms with E-state index >= 15 is 0 Å². The van der Waals surface area contributed by atoms with E-state index in [4.69, 9.17) is 0 Å². The molecular weight excluding hydrogens is 240 g/mol. The average Bonchev–Trinajstić information content (AvgIpc) is 2.92. The van der Waals surface area contributed by atoms with Gasteiger partial charge in [0, 0.05) is 9.89 Å². The van der Waals surface area contributed by atoms with Gasteiger partial charge in [-0.2, -0.15) is 0 Å². The summed E-state index contributed by atoms with van der Waals surface area (Å²) in [4.78, 5) is 10.9. The number of benzene rings is 1. The molecule has 0 spiro atoms. The number of carbonyl (C=O) groups excluding carboxylic acids is 1. The number of aryl methyl sites for hydroxylation is 1. The van der Waals surface area contributed by atoms with Crippen LogP contribution in [0.5, 0.6) is 0 Å². The molecule has 0 atom stereocenters. The number of aldehydes is 1. The van der Waals surface area contributed by atoms with Crippen LogP contribution in [0.1, 0.15) is 24.0 Å². The van der Waals surface area contributed by atoms with E-state index in [1.165, 1.54) is 11.1 Å². The normalized spacial score (nSPS) is 17.9. The lowest BCUT2D eigenvalue weighted by molar-refractivity contribution is -0.112. The molecule has 0 amide bonds. The van der Waals surface area contributed by atoms with Crippen molar-refractivity contribution in [3.63, 3.8) is 0 Å². The molecule has 1 aliphatic rings. The van der Waals surface area contributed by atoms with Crippen LogP contribution in [0.25, 0.3) is 0 Å². The van der Waals surface area contributed by atoms with Gasteiger partial charge in [-0.1, -0.05) is 22.0 Å². The molecule has 1 aliphatic carbocycles. The lowest BCUT2D eigenvalue weighted by Crippen LogP contribution is -2.07. The Kier molecular flexibility index (Phi) is 2.48. The topological polar surface area (TPSA) is 17.1 Å². The summed E-state index contributed by atoms with van der Waals surface area (Å²) < 4.78 is 1.10. The minimum Gasteiger partial charge on any atom is -0.303 e. The van der Waals surface area contributed by atoms with E-state index in [1.807, 2.05) is 6.07 Å². The molecule has 1 fully saturated rings. The van der Waals surface area contributed by atoms with Gasteiger partial charge in [0.1, 0.15) is 6.29 Å². The molecule has 0 saturated heterocycles. The van der Waals surface area contributed by atoms with Crippen LogP contribution >= 0.6 is 15.9 Å². The SMILES string of the molecule is Cc1ccc(Br)cc1CC1(C=O)CC1. The largest absolute Gasteiger partial charge is 0.303 e. The first-order chi connectivity index (χ1) is 6.65. The molecule has 1 aromatic rings. The first kappa shape index (κ1) is 9.91. The van der Waals surface area contributed by atoms with Crippen molar-refractivity contribution in [2.24, 2.45) is 5.41 Å². The summed E-state index contributed by atoms with van der Waals surface area (Å²) in [6, 6.07) is 6.26. The fourth-order valence-corrected chi connectivity index (χ4v) is 2.12. The third-order valence-corrected chi connectivity index (χ3v) is 3.49. The Hall–Kier alpha value is -0.630. The fourth-order valence-electron chi connectivity index (χ4n) is 1.71. The summed E-state index contributed by atoms with van der Waals surface area (Å²) in [6.45, 7) is 2.10. The summed E-state index contributed by atoms with van der Waals surface area (Å²) in [7, 11) is 0. The molecule has 0 aromatic heterocycles. The Balaban J connectivity index is 2.24. The van der Waals surface area contributed by atoms with Crippen LogP contribution < -0.4 is 0 Å². The van der Waals surface area contributed by atoms with Gasteiger partial charge >= 0.3 is 0 Å². The molecular formula is C12H13BrO. The molecule has 14 heavy (non-hydrogen) atoms. The van der Waals surface area contributed by atoms with Crippen LogP contribution in [0.2, 0.25) is 0 Å². The highest BCUT2D eigenvalue weighted by molar-refractivity contribution is 9.10. The van der Waals surface area contributed by atoms with Crippen molar-refractivity contribution >= 4 is 22.2 Å². The van der Waals surface area contributed by atoms with Crippen LogP contribution in [0, 0.1) is 12.3 Å². The molecule has 0 heterocycles.